The molecule has 0 amide bonds. The first kappa shape index (κ1) is 51.2. The van der Waals surface area contributed by atoms with Gasteiger partial charge in [0, 0.05) is 67.1 Å². The van der Waals surface area contributed by atoms with Gasteiger partial charge in [-0.3, -0.25) is 0 Å². The Morgan fingerprint density at radius 3 is 0.922 bits per heavy atom. The largest absolute Gasteiger partial charge is 2.00 e. The van der Waals surface area contributed by atoms with E-state index in [-0.39, 0.29) is 63.7 Å². The predicted molar refractivity (Wildman–Crippen MR) is 290 cm³/mol. The van der Waals surface area contributed by atoms with Crippen LogP contribution < -0.4 is 9.97 Å². The molecule has 8 bridgehead atoms. The summed E-state index contributed by atoms with van der Waals surface area (Å²) in [6.45, 7) is 0. The monoisotopic (exact) mass is 1080 g/mol. The number of aromatic nitrogens is 8. The van der Waals surface area contributed by atoms with Crippen LogP contribution in [-0.4, -0.2) is 29.9 Å². The van der Waals surface area contributed by atoms with E-state index in [1.807, 2.05) is 24.3 Å². The van der Waals surface area contributed by atoms with Crippen LogP contribution in [0.2, 0.25) is 0 Å². The molecule has 4 saturated carbocycles. The maximum atomic E-state index is 16.8. The first-order valence-electron chi connectivity index (χ1n) is 28.1. The third-order valence-corrected chi connectivity index (χ3v) is 17.3. The molecule has 3 aromatic heterocycles. The van der Waals surface area contributed by atoms with E-state index in [1.165, 1.54) is 24.3 Å². The fraction of sp³-hybridized carbons (Fsp3) is 0.375. The normalized spacial score (nSPS) is 18.2. The molecule has 0 spiro atoms. The Morgan fingerprint density at radius 1 is 0.312 bits per heavy atom. The molecular weight excluding hydrogens is 1020 g/mol. The van der Waals surface area contributed by atoms with E-state index in [0.717, 1.165) is 151 Å². The van der Waals surface area contributed by atoms with Gasteiger partial charge in [-0.05, 0) is 122 Å². The van der Waals surface area contributed by atoms with E-state index < -0.39 is 23.3 Å². The van der Waals surface area contributed by atoms with Crippen molar-refractivity contribution in [2.24, 2.45) is 11.8 Å². The smallest absolute Gasteiger partial charge is 0.357 e. The van der Waals surface area contributed by atoms with Crippen molar-refractivity contribution < 1.29 is 34.6 Å². The minimum absolute atomic E-state index is 0. The molecule has 4 aromatic carbocycles. The van der Waals surface area contributed by atoms with Crippen LogP contribution in [0.1, 0.15) is 186 Å². The zero-order valence-corrected chi connectivity index (χ0v) is 44.0. The van der Waals surface area contributed by atoms with Crippen molar-refractivity contribution in [2.75, 3.05) is 0 Å². The molecule has 395 valence electrons. The molecular formula is C64H60CuF4N8. The summed E-state index contributed by atoms with van der Waals surface area (Å²) in [5, 5.41) is 0. The minimum Gasteiger partial charge on any atom is -0.357 e. The van der Waals surface area contributed by atoms with E-state index >= 15 is 17.6 Å². The summed E-state index contributed by atoms with van der Waals surface area (Å²) in [6.07, 6.45) is 18.7. The number of hydrogen-bond donors (Lipinski definition) is 0. The van der Waals surface area contributed by atoms with Crippen LogP contribution in [0.3, 0.4) is 0 Å². The molecule has 2 aliphatic heterocycles. The van der Waals surface area contributed by atoms with E-state index in [0.29, 0.717) is 67.5 Å². The van der Waals surface area contributed by atoms with Crippen LogP contribution >= 0.6 is 0 Å². The summed E-state index contributed by atoms with van der Waals surface area (Å²) in [7, 11) is 0. The molecule has 5 heterocycles. The minimum atomic E-state index is -0.426. The molecule has 0 saturated heterocycles. The molecule has 77 heavy (non-hydrogen) atoms. The maximum Gasteiger partial charge on any atom is 2.00 e. The van der Waals surface area contributed by atoms with Gasteiger partial charge in [-0.15, -0.1) is 0 Å². The van der Waals surface area contributed by atoms with E-state index in [2.05, 4.69) is 0 Å². The number of hydrogen-bond acceptors (Lipinski definition) is 6. The fourth-order valence-electron chi connectivity index (χ4n) is 13.7. The van der Waals surface area contributed by atoms with Crippen LogP contribution in [0.25, 0.3) is 67.1 Å². The second kappa shape index (κ2) is 22.1. The van der Waals surface area contributed by atoms with Gasteiger partial charge in [-0.2, -0.15) is 0 Å². The second-order valence-electron chi connectivity index (χ2n) is 21.9. The predicted octanol–water partition coefficient (Wildman–Crippen LogP) is 16.2. The Bertz CT molecular complexity index is 3380. The summed E-state index contributed by atoms with van der Waals surface area (Å²) in [5.74, 6) is -0.806. The van der Waals surface area contributed by atoms with Crippen LogP contribution in [0.4, 0.5) is 17.6 Å². The number of nitrogens with zero attached hydrogens (tertiary/aromatic N) is 8. The molecule has 8 nitrogen and oxygen atoms in total. The third-order valence-electron chi connectivity index (χ3n) is 17.3. The summed E-state index contributed by atoms with van der Waals surface area (Å²) < 4.78 is 67.2. The Balaban J connectivity index is 0.00000596. The first-order valence-corrected chi connectivity index (χ1v) is 28.1. The summed E-state index contributed by atoms with van der Waals surface area (Å²) in [4.78, 5) is 43.6. The number of rotatable bonds is 8. The van der Waals surface area contributed by atoms with Crippen molar-refractivity contribution in [1.29, 1.82) is 0 Å². The van der Waals surface area contributed by atoms with Crippen LogP contribution in [0.15, 0.2) is 97.1 Å². The van der Waals surface area contributed by atoms with Crippen LogP contribution in [0, 0.1) is 35.1 Å². The van der Waals surface area contributed by atoms with Crippen LogP contribution in [0.5, 0.6) is 0 Å². The Labute approximate surface area is 457 Å². The van der Waals surface area contributed by atoms with Gasteiger partial charge in [0.1, 0.15) is 23.3 Å². The number of halogens is 4. The molecule has 0 N–H and O–H groups in total. The molecule has 4 fully saturated rings. The average molecular weight is 1080 g/mol. The maximum absolute atomic E-state index is 16.8. The number of fused-ring (bicyclic) bond motifs is 8. The Hall–Kier alpha value is -6.56. The van der Waals surface area contributed by atoms with Crippen LogP contribution in [-0.2, 0) is 17.1 Å². The van der Waals surface area contributed by atoms with E-state index in [9.17, 15) is 0 Å². The molecule has 0 unspecified atom stereocenters. The van der Waals surface area contributed by atoms with Gasteiger partial charge in [0.25, 0.3) is 0 Å². The second-order valence-corrected chi connectivity index (χ2v) is 21.9. The van der Waals surface area contributed by atoms with E-state index in [1.54, 1.807) is 48.5 Å². The van der Waals surface area contributed by atoms with Crippen molar-refractivity contribution in [3.05, 3.63) is 166 Å². The first-order chi connectivity index (χ1) is 37.4. The van der Waals surface area contributed by atoms with Gasteiger partial charge in [-0.25, -0.2) is 27.5 Å². The molecule has 1 radical (unpaired) electrons. The van der Waals surface area contributed by atoms with Crippen molar-refractivity contribution in [3.8, 4) is 22.3 Å². The fourth-order valence-corrected chi connectivity index (χ4v) is 13.7. The molecule has 6 aliphatic rings. The molecule has 7 aromatic rings. The summed E-state index contributed by atoms with van der Waals surface area (Å²) >= 11 is 0. The van der Waals surface area contributed by atoms with Crippen molar-refractivity contribution in [2.45, 2.75) is 140 Å². The van der Waals surface area contributed by atoms with Gasteiger partial charge < -0.3 is 29.9 Å². The standard InChI is InChI=1S/C64H60F4N8.Cu/c65-45-33-17-13-29-41(45)53-49(37-21-5-1-6-22-37)57-69-61(53)74-58-51(39-25-9-3-10-26-39)55(43-31-15-19-35-47(43)67)63(71-58)76-60-52(40-27-11-4-12-28-40)56(44-32-16-20-36-48(44)68)64(72-60)75-59-50(38-23-7-2-8-24-38)54(62(70-59)73-57)42-30-14-18-34-46(42)66;/h13-20,29-40H,1-12,21-28H2;/q-2;+2. The zero-order chi connectivity index (χ0) is 51.3. The molecule has 0 atom stereocenters. The van der Waals surface area contributed by atoms with Gasteiger partial charge in [0.2, 0.25) is 0 Å². The van der Waals surface area contributed by atoms with Crippen molar-refractivity contribution in [1.82, 2.24) is 39.9 Å². The third kappa shape index (κ3) is 9.59. The molecule has 4 aliphatic carbocycles. The molecule has 13 rings (SSSR count). The van der Waals surface area contributed by atoms with Crippen molar-refractivity contribution in [3.63, 3.8) is 0 Å². The topological polar surface area (TPSA) is 106 Å². The summed E-state index contributed by atoms with van der Waals surface area (Å²) in [6, 6.07) is 27.0. The van der Waals surface area contributed by atoms with Gasteiger partial charge >= 0.3 is 17.1 Å². The Morgan fingerprint density at radius 2 is 0.597 bits per heavy atom. The van der Waals surface area contributed by atoms with Gasteiger partial charge in [0.05, 0.1) is 23.3 Å². The van der Waals surface area contributed by atoms with Gasteiger partial charge in [0.15, 0.2) is 0 Å². The number of benzene rings is 4. The quantitative estimate of drug-likeness (QED) is 0.109. The number of allylic oxidation sites excluding steroid dienone is 2. The average Bonchev–Trinajstić information content (AvgIpc) is 4.27. The zero-order valence-electron chi connectivity index (χ0n) is 43.1. The Kier molecular flexibility index (Phi) is 14.7. The SMILES string of the molecule is Fc1ccccc1C1=C(C2CCCCC2)c2nc1nc1[n-]c(nc3nc(nc4[n-]c(n2)c(-c2ccccc2F)c4C2CCCCC2)C(c2ccccc2F)=C3C2CCCCC2)c(-c2ccccc2F)c1C1CCCCC1.[Cu+2]. The van der Waals surface area contributed by atoms with E-state index in [4.69, 9.17) is 39.9 Å². The summed E-state index contributed by atoms with van der Waals surface area (Å²) in [5.41, 5.74) is 7.69. The molecule has 13 heteroatoms. The van der Waals surface area contributed by atoms with Crippen molar-refractivity contribution >= 4 is 44.9 Å². The van der Waals surface area contributed by atoms with Gasteiger partial charge in [-0.1, -0.05) is 150 Å².